The standard InChI is InChI=1S/C18H32N2/c1-13(20-12-14-2-4-19-5-3-14)18-9-15-6-16(10-18)8-17(7-15)11-18/h13-17,19-20H,2-12H2,1H3. The van der Waals surface area contributed by atoms with E-state index >= 15 is 0 Å². The molecule has 0 spiro atoms. The first-order valence-electron chi connectivity index (χ1n) is 9.18. The maximum atomic E-state index is 3.98. The van der Waals surface area contributed by atoms with Crippen LogP contribution in [0.15, 0.2) is 0 Å². The molecule has 5 fully saturated rings. The Kier molecular flexibility index (Phi) is 3.58. The van der Waals surface area contributed by atoms with Crippen molar-refractivity contribution in [2.75, 3.05) is 19.6 Å². The molecule has 2 heteroatoms. The first-order chi connectivity index (χ1) is 9.73. The lowest BCUT2D eigenvalue weighted by Gasteiger charge is -2.59. The van der Waals surface area contributed by atoms with Gasteiger partial charge in [0.05, 0.1) is 0 Å². The van der Waals surface area contributed by atoms with Gasteiger partial charge in [0.2, 0.25) is 0 Å². The summed E-state index contributed by atoms with van der Waals surface area (Å²) in [7, 11) is 0. The third kappa shape index (κ3) is 2.43. The van der Waals surface area contributed by atoms with E-state index < -0.39 is 0 Å². The van der Waals surface area contributed by atoms with Crippen molar-refractivity contribution in [3.63, 3.8) is 0 Å². The fourth-order valence-electron chi connectivity index (χ4n) is 6.35. The van der Waals surface area contributed by atoms with Gasteiger partial charge >= 0.3 is 0 Å². The van der Waals surface area contributed by atoms with Gasteiger partial charge in [-0.25, -0.2) is 0 Å². The second kappa shape index (κ2) is 5.28. The first kappa shape index (κ1) is 13.6. The highest BCUT2D eigenvalue weighted by Gasteiger charge is 2.52. The van der Waals surface area contributed by atoms with Gasteiger partial charge in [0.25, 0.3) is 0 Å². The van der Waals surface area contributed by atoms with Gasteiger partial charge in [-0.1, -0.05) is 0 Å². The van der Waals surface area contributed by atoms with Crippen molar-refractivity contribution >= 4 is 0 Å². The lowest BCUT2D eigenvalue weighted by Crippen LogP contribution is -2.55. The van der Waals surface area contributed by atoms with Crippen LogP contribution < -0.4 is 10.6 Å². The fraction of sp³-hybridized carbons (Fsp3) is 1.00. The van der Waals surface area contributed by atoms with Crippen molar-refractivity contribution in [1.29, 1.82) is 0 Å². The van der Waals surface area contributed by atoms with Gasteiger partial charge in [-0.05, 0) is 107 Å². The number of hydrogen-bond donors (Lipinski definition) is 2. The molecule has 1 atom stereocenters. The zero-order chi connectivity index (χ0) is 13.6. The molecule has 1 aliphatic heterocycles. The Hall–Kier alpha value is -0.0800. The van der Waals surface area contributed by atoms with Crippen LogP contribution in [-0.4, -0.2) is 25.7 Å². The minimum atomic E-state index is 0.682. The molecule has 1 unspecified atom stereocenters. The molecule has 2 N–H and O–H groups in total. The molecule has 0 amide bonds. The van der Waals surface area contributed by atoms with Crippen molar-refractivity contribution in [3.05, 3.63) is 0 Å². The lowest BCUT2D eigenvalue weighted by molar-refractivity contribution is -0.0709. The average molecular weight is 276 g/mol. The van der Waals surface area contributed by atoms with Gasteiger partial charge in [0, 0.05) is 6.04 Å². The number of hydrogen-bond acceptors (Lipinski definition) is 2. The predicted molar refractivity (Wildman–Crippen MR) is 83.7 cm³/mol. The molecule has 5 rings (SSSR count). The van der Waals surface area contributed by atoms with Crippen molar-refractivity contribution in [2.45, 2.75) is 64.3 Å². The van der Waals surface area contributed by atoms with Crippen LogP contribution in [0, 0.1) is 29.1 Å². The number of rotatable bonds is 4. The number of piperidine rings is 1. The highest BCUT2D eigenvalue weighted by Crippen LogP contribution is 2.61. The predicted octanol–water partition coefficient (Wildman–Crippen LogP) is 3.18. The Morgan fingerprint density at radius 2 is 1.55 bits per heavy atom. The maximum absolute atomic E-state index is 3.98. The maximum Gasteiger partial charge on any atom is 0.00956 e. The lowest BCUT2D eigenvalue weighted by atomic mass is 9.48. The molecule has 0 radical (unpaired) electrons. The minimum absolute atomic E-state index is 0.682. The molecular formula is C18H32N2. The van der Waals surface area contributed by atoms with E-state index in [0.29, 0.717) is 5.41 Å². The zero-order valence-electron chi connectivity index (χ0n) is 13.2. The molecule has 114 valence electrons. The average Bonchev–Trinajstić information content (AvgIpc) is 2.44. The van der Waals surface area contributed by atoms with Crippen molar-refractivity contribution < 1.29 is 0 Å². The zero-order valence-corrected chi connectivity index (χ0v) is 13.2. The topological polar surface area (TPSA) is 24.1 Å². The van der Waals surface area contributed by atoms with Crippen molar-refractivity contribution in [1.82, 2.24) is 10.6 Å². The van der Waals surface area contributed by atoms with Gasteiger partial charge < -0.3 is 10.6 Å². The second-order valence-electron chi connectivity index (χ2n) is 8.60. The van der Waals surface area contributed by atoms with Gasteiger partial charge in [-0.2, -0.15) is 0 Å². The fourth-order valence-corrected chi connectivity index (χ4v) is 6.35. The molecular weight excluding hydrogens is 244 g/mol. The van der Waals surface area contributed by atoms with E-state index in [2.05, 4.69) is 17.6 Å². The SMILES string of the molecule is CC(NCC1CCNCC1)C12CC3CC(CC(C3)C1)C2. The summed E-state index contributed by atoms with van der Waals surface area (Å²) >= 11 is 0. The molecule has 0 aromatic heterocycles. The molecule has 5 aliphatic rings. The third-order valence-corrected chi connectivity index (χ3v) is 7.18. The highest BCUT2D eigenvalue weighted by molar-refractivity contribution is 5.05. The van der Waals surface area contributed by atoms with Crippen LogP contribution in [0.5, 0.6) is 0 Å². The summed E-state index contributed by atoms with van der Waals surface area (Å²) in [6.45, 7) is 6.25. The Bertz CT molecular complexity index is 310. The molecule has 2 nitrogen and oxygen atoms in total. The summed E-state index contributed by atoms with van der Waals surface area (Å²) in [5.74, 6) is 4.19. The van der Waals surface area contributed by atoms with Crippen LogP contribution in [0.4, 0.5) is 0 Å². The quantitative estimate of drug-likeness (QED) is 0.824. The van der Waals surface area contributed by atoms with Crippen LogP contribution in [0.3, 0.4) is 0 Å². The Balaban J connectivity index is 1.36. The summed E-state index contributed by atoms with van der Waals surface area (Å²) in [5.41, 5.74) is 0.682. The molecule has 1 heterocycles. The van der Waals surface area contributed by atoms with E-state index in [4.69, 9.17) is 0 Å². The van der Waals surface area contributed by atoms with E-state index in [-0.39, 0.29) is 0 Å². The minimum Gasteiger partial charge on any atom is -0.317 e. The summed E-state index contributed by atoms with van der Waals surface area (Å²) < 4.78 is 0. The largest absolute Gasteiger partial charge is 0.317 e. The normalized spacial score (nSPS) is 45.8. The summed E-state index contributed by atoms with van der Waals surface area (Å²) in [6, 6.07) is 0.755. The van der Waals surface area contributed by atoms with E-state index in [0.717, 1.165) is 29.7 Å². The Morgan fingerprint density at radius 1 is 1.00 bits per heavy atom. The molecule has 1 saturated heterocycles. The van der Waals surface area contributed by atoms with Crippen molar-refractivity contribution in [3.8, 4) is 0 Å². The van der Waals surface area contributed by atoms with Crippen LogP contribution >= 0.6 is 0 Å². The molecule has 20 heavy (non-hydrogen) atoms. The van der Waals surface area contributed by atoms with Gasteiger partial charge in [-0.15, -0.1) is 0 Å². The van der Waals surface area contributed by atoms with Crippen LogP contribution in [0.25, 0.3) is 0 Å². The van der Waals surface area contributed by atoms with Gasteiger partial charge in [0.15, 0.2) is 0 Å². The Morgan fingerprint density at radius 3 is 2.10 bits per heavy atom. The van der Waals surface area contributed by atoms with Crippen LogP contribution in [-0.2, 0) is 0 Å². The molecule has 0 aromatic rings. The van der Waals surface area contributed by atoms with E-state index in [9.17, 15) is 0 Å². The molecule has 0 aromatic carbocycles. The summed E-state index contributed by atoms with van der Waals surface area (Å²) in [5, 5.41) is 7.46. The third-order valence-electron chi connectivity index (χ3n) is 7.18. The van der Waals surface area contributed by atoms with Crippen LogP contribution in [0.1, 0.15) is 58.3 Å². The number of nitrogens with one attached hydrogen (secondary N) is 2. The highest BCUT2D eigenvalue weighted by atomic mass is 14.9. The van der Waals surface area contributed by atoms with Crippen LogP contribution in [0.2, 0.25) is 0 Å². The van der Waals surface area contributed by atoms with Crippen molar-refractivity contribution in [2.24, 2.45) is 29.1 Å². The molecule has 4 saturated carbocycles. The first-order valence-corrected chi connectivity index (χ1v) is 9.18. The van der Waals surface area contributed by atoms with Gasteiger partial charge in [0.1, 0.15) is 0 Å². The summed E-state index contributed by atoms with van der Waals surface area (Å²) in [6.07, 6.45) is 12.1. The van der Waals surface area contributed by atoms with Gasteiger partial charge in [-0.3, -0.25) is 0 Å². The van der Waals surface area contributed by atoms with E-state index in [1.807, 2.05) is 0 Å². The molecule has 4 aliphatic carbocycles. The second-order valence-corrected chi connectivity index (χ2v) is 8.60. The smallest absolute Gasteiger partial charge is 0.00956 e. The monoisotopic (exact) mass is 276 g/mol. The molecule has 4 bridgehead atoms. The van der Waals surface area contributed by atoms with E-state index in [1.54, 1.807) is 38.5 Å². The Labute approximate surface area is 124 Å². The van der Waals surface area contributed by atoms with E-state index in [1.165, 1.54) is 32.5 Å². The summed E-state index contributed by atoms with van der Waals surface area (Å²) in [4.78, 5) is 0.